The van der Waals surface area contributed by atoms with Gasteiger partial charge >= 0.3 is 0 Å². The summed E-state index contributed by atoms with van der Waals surface area (Å²) in [6.07, 6.45) is 0.758. The summed E-state index contributed by atoms with van der Waals surface area (Å²) < 4.78 is 1.32. The first kappa shape index (κ1) is 15.2. The second-order valence-electron chi connectivity index (χ2n) is 5.14. The first-order valence-electron chi connectivity index (χ1n) is 7.01. The predicted octanol–water partition coefficient (Wildman–Crippen LogP) is 3.67. The second-order valence-corrected chi connectivity index (χ2v) is 5.58. The van der Waals surface area contributed by atoms with Crippen LogP contribution in [0.1, 0.15) is 15.9 Å². The Morgan fingerprint density at radius 1 is 1.04 bits per heavy atom. The lowest BCUT2D eigenvalue weighted by molar-refractivity contribution is 0.112. The Labute approximate surface area is 138 Å². The summed E-state index contributed by atoms with van der Waals surface area (Å²) in [5.74, 6) is 0. The van der Waals surface area contributed by atoms with Crippen molar-refractivity contribution in [2.24, 2.45) is 0 Å². The summed E-state index contributed by atoms with van der Waals surface area (Å²) in [4.78, 5) is 23.0. The number of benzene rings is 2. The molecular weight excluding hydrogens is 312 g/mol. The molecule has 0 amide bonds. The highest BCUT2D eigenvalue weighted by Gasteiger charge is 2.09. The molecule has 1 aromatic heterocycles. The van der Waals surface area contributed by atoms with E-state index in [2.05, 4.69) is 5.10 Å². The van der Waals surface area contributed by atoms with Gasteiger partial charge in [-0.25, -0.2) is 0 Å². The molecule has 2 aromatic carbocycles. The highest BCUT2D eigenvalue weighted by molar-refractivity contribution is 6.30. The third-order valence-corrected chi connectivity index (χ3v) is 3.77. The van der Waals surface area contributed by atoms with Crippen LogP contribution in [0.4, 0.5) is 0 Å². The lowest BCUT2D eigenvalue weighted by Gasteiger charge is -2.10. The van der Waals surface area contributed by atoms with Crippen LogP contribution >= 0.6 is 11.6 Å². The molecular formula is C18H13ClN2O2. The number of aryl methyl sites for hydroxylation is 1. The molecule has 3 rings (SSSR count). The first-order chi connectivity index (χ1) is 11.1. The van der Waals surface area contributed by atoms with Crippen LogP contribution in [0.25, 0.3) is 16.9 Å². The van der Waals surface area contributed by atoms with Gasteiger partial charge in [-0.3, -0.25) is 9.59 Å². The molecule has 5 heteroatoms. The zero-order chi connectivity index (χ0) is 16.4. The fourth-order valence-electron chi connectivity index (χ4n) is 2.32. The average Bonchev–Trinajstić information content (AvgIpc) is 2.56. The van der Waals surface area contributed by atoms with Crippen molar-refractivity contribution in [2.75, 3.05) is 0 Å². The Morgan fingerprint density at radius 3 is 2.30 bits per heavy atom. The SMILES string of the molecule is Cc1cc(=O)n(-c2ccc(C=O)cc2)nc1-c1ccc(Cl)cc1. The summed E-state index contributed by atoms with van der Waals surface area (Å²) in [7, 11) is 0. The smallest absolute Gasteiger partial charge is 0.271 e. The maximum atomic E-state index is 12.2. The number of carbonyl (C=O) groups is 1. The highest BCUT2D eigenvalue weighted by atomic mass is 35.5. The molecule has 0 fully saturated rings. The molecule has 1 heterocycles. The van der Waals surface area contributed by atoms with Gasteiger partial charge in [0, 0.05) is 22.2 Å². The van der Waals surface area contributed by atoms with E-state index < -0.39 is 0 Å². The number of aromatic nitrogens is 2. The quantitative estimate of drug-likeness (QED) is 0.691. The first-order valence-corrected chi connectivity index (χ1v) is 7.39. The Balaban J connectivity index is 2.14. The molecule has 0 radical (unpaired) electrons. The summed E-state index contributed by atoms with van der Waals surface area (Å²) in [6, 6.07) is 15.5. The molecule has 0 bridgehead atoms. The van der Waals surface area contributed by atoms with Crippen LogP contribution < -0.4 is 5.56 Å². The van der Waals surface area contributed by atoms with Crippen molar-refractivity contribution in [3.63, 3.8) is 0 Å². The highest BCUT2D eigenvalue weighted by Crippen LogP contribution is 2.22. The van der Waals surface area contributed by atoms with E-state index >= 15 is 0 Å². The molecule has 0 N–H and O–H groups in total. The van der Waals surface area contributed by atoms with Gasteiger partial charge in [0.25, 0.3) is 5.56 Å². The number of nitrogens with zero attached hydrogens (tertiary/aromatic N) is 2. The zero-order valence-corrected chi connectivity index (χ0v) is 13.1. The molecule has 114 valence electrons. The maximum Gasteiger partial charge on any atom is 0.271 e. The van der Waals surface area contributed by atoms with Gasteiger partial charge in [-0.1, -0.05) is 23.7 Å². The van der Waals surface area contributed by atoms with Crippen molar-refractivity contribution >= 4 is 17.9 Å². The van der Waals surface area contributed by atoms with Gasteiger partial charge in [-0.05, 0) is 48.9 Å². The largest absolute Gasteiger partial charge is 0.298 e. The summed E-state index contributed by atoms with van der Waals surface area (Å²) in [5.41, 5.74) is 3.31. The number of halogens is 1. The van der Waals surface area contributed by atoms with E-state index in [0.717, 1.165) is 17.4 Å². The van der Waals surface area contributed by atoms with E-state index in [1.165, 1.54) is 4.68 Å². The van der Waals surface area contributed by atoms with Crippen molar-refractivity contribution < 1.29 is 4.79 Å². The molecule has 0 aliphatic rings. The second kappa shape index (κ2) is 6.18. The molecule has 0 saturated heterocycles. The molecule has 0 unspecified atom stereocenters. The Bertz CT molecular complexity index is 913. The van der Waals surface area contributed by atoms with Crippen LogP contribution in [0.3, 0.4) is 0 Å². The lowest BCUT2D eigenvalue weighted by atomic mass is 10.1. The van der Waals surface area contributed by atoms with Crippen molar-refractivity contribution in [3.8, 4) is 16.9 Å². The molecule has 0 saturated carbocycles. The van der Waals surface area contributed by atoms with Gasteiger partial charge in [0.15, 0.2) is 0 Å². The van der Waals surface area contributed by atoms with Crippen LogP contribution in [0.5, 0.6) is 0 Å². The minimum atomic E-state index is -0.223. The Kier molecular flexibility index (Phi) is 4.08. The molecule has 0 spiro atoms. The molecule has 4 nitrogen and oxygen atoms in total. The van der Waals surface area contributed by atoms with Crippen molar-refractivity contribution in [1.29, 1.82) is 0 Å². The predicted molar refractivity (Wildman–Crippen MR) is 90.4 cm³/mol. The van der Waals surface area contributed by atoms with Crippen LogP contribution in [0.15, 0.2) is 59.4 Å². The number of hydrogen-bond donors (Lipinski definition) is 0. The molecule has 0 atom stereocenters. The third kappa shape index (κ3) is 3.07. The van der Waals surface area contributed by atoms with E-state index in [-0.39, 0.29) is 5.56 Å². The minimum absolute atomic E-state index is 0.223. The topological polar surface area (TPSA) is 52.0 Å². The van der Waals surface area contributed by atoms with Crippen molar-refractivity contribution in [2.45, 2.75) is 6.92 Å². The molecule has 3 aromatic rings. The molecule has 0 aliphatic heterocycles. The third-order valence-electron chi connectivity index (χ3n) is 3.51. The number of hydrogen-bond acceptors (Lipinski definition) is 3. The number of aldehydes is 1. The summed E-state index contributed by atoms with van der Waals surface area (Å²) in [6.45, 7) is 1.85. The van der Waals surface area contributed by atoms with E-state index in [1.807, 2.05) is 19.1 Å². The average molecular weight is 325 g/mol. The minimum Gasteiger partial charge on any atom is -0.298 e. The van der Waals surface area contributed by atoms with Crippen molar-refractivity contribution in [1.82, 2.24) is 9.78 Å². The molecule has 0 aliphatic carbocycles. The number of rotatable bonds is 3. The van der Waals surface area contributed by atoms with Gasteiger partial charge < -0.3 is 0 Å². The van der Waals surface area contributed by atoms with Gasteiger partial charge in [0.05, 0.1) is 11.4 Å². The van der Waals surface area contributed by atoms with Gasteiger partial charge in [0.1, 0.15) is 6.29 Å². The summed E-state index contributed by atoms with van der Waals surface area (Å²) >= 11 is 5.92. The van der Waals surface area contributed by atoms with E-state index in [0.29, 0.717) is 22.0 Å². The van der Waals surface area contributed by atoms with Crippen LogP contribution in [0, 0.1) is 6.92 Å². The maximum absolute atomic E-state index is 12.2. The number of carbonyl (C=O) groups excluding carboxylic acids is 1. The fraction of sp³-hybridized carbons (Fsp3) is 0.0556. The zero-order valence-electron chi connectivity index (χ0n) is 12.4. The monoisotopic (exact) mass is 324 g/mol. The Morgan fingerprint density at radius 2 is 1.70 bits per heavy atom. The van der Waals surface area contributed by atoms with Crippen molar-refractivity contribution in [3.05, 3.63) is 81.1 Å². The normalized spacial score (nSPS) is 10.5. The van der Waals surface area contributed by atoms with Gasteiger partial charge in [0.2, 0.25) is 0 Å². The van der Waals surface area contributed by atoms with E-state index in [4.69, 9.17) is 11.6 Å². The van der Waals surface area contributed by atoms with Gasteiger partial charge in [-0.15, -0.1) is 0 Å². The Hall–Kier alpha value is -2.72. The fourth-order valence-corrected chi connectivity index (χ4v) is 2.44. The van der Waals surface area contributed by atoms with E-state index in [1.54, 1.807) is 42.5 Å². The van der Waals surface area contributed by atoms with E-state index in [9.17, 15) is 9.59 Å². The summed E-state index contributed by atoms with van der Waals surface area (Å²) in [5, 5.41) is 5.11. The molecule has 23 heavy (non-hydrogen) atoms. The standard InChI is InChI=1S/C18H13ClN2O2/c1-12-10-17(23)21(16-8-2-13(11-22)3-9-16)20-18(12)14-4-6-15(19)7-5-14/h2-11H,1H3. The van der Waals surface area contributed by atoms with Crippen LogP contribution in [-0.4, -0.2) is 16.1 Å². The van der Waals surface area contributed by atoms with Crippen LogP contribution in [0.2, 0.25) is 5.02 Å². The van der Waals surface area contributed by atoms with Gasteiger partial charge in [-0.2, -0.15) is 9.78 Å². The lowest BCUT2D eigenvalue weighted by Crippen LogP contribution is -2.21. The van der Waals surface area contributed by atoms with Crippen LogP contribution in [-0.2, 0) is 0 Å².